The Morgan fingerprint density at radius 2 is 1.86 bits per heavy atom. The topological polar surface area (TPSA) is 74.7 Å². The molecule has 1 aromatic rings. The highest BCUT2D eigenvalue weighted by Crippen LogP contribution is 2.19. The lowest BCUT2D eigenvalue weighted by Gasteiger charge is -2.24. The number of nitrogens with zero attached hydrogens (tertiary/aromatic N) is 1. The molecule has 0 aliphatic heterocycles. The van der Waals surface area contributed by atoms with Gasteiger partial charge in [-0.2, -0.15) is 4.31 Å². The van der Waals surface area contributed by atoms with Crippen LogP contribution >= 0.6 is 0 Å². The summed E-state index contributed by atoms with van der Waals surface area (Å²) in [7, 11) is -1.90. The lowest BCUT2D eigenvalue weighted by atomic mass is 10.1. The Labute approximate surface area is 126 Å². The summed E-state index contributed by atoms with van der Waals surface area (Å²) in [6.45, 7) is 3.91. The van der Waals surface area contributed by atoms with Gasteiger partial charge < -0.3 is 5.11 Å². The number of carboxylic acid groups (broad SMARTS) is 1. The van der Waals surface area contributed by atoms with Crippen molar-refractivity contribution in [2.45, 2.75) is 50.5 Å². The largest absolute Gasteiger partial charge is 0.481 e. The Balaban J connectivity index is 2.86. The average Bonchev–Trinajstić information content (AvgIpc) is 2.45. The first-order valence-corrected chi connectivity index (χ1v) is 8.51. The first-order valence-electron chi connectivity index (χ1n) is 7.07. The Kier molecular flexibility index (Phi) is 6.36. The fraction of sp³-hybridized carbons (Fsp3) is 0.533. The number of benzene rings is 1. The van der Waals surface area contributed by atoms with Gasteiger partial charge in [0.05, 0.1) is 4.90 Å². The molecule has 1 N–H and O–H groups in total. The van der Waals surface area contributed by atoms with Crippen LogP contribution in [0.2, 0.25) is 0 Å². The second-order valence-electron chi connectivity index (χ2n) is 5.20. The van der Waals surface area contributed by atoms with Crippen molar-refractivity contribution in [1.82, 2.24) is 4.31 Å². The van der Waals surface area contributed by atoms with Crippen LogP contribution in [0.4, 0.5) is 0 Å². The van der Waals surface area contributed by atoms with Crippen LogP contribution in [0.15, 0.2) is 29.2 Å². The number of carbonyl (C=O) groups is 1. The molecule has 0 aliphatic carbocycles. The van der Waals surface area contributed by atoms with E-state index in [4.69, 9.17) is 5.11 Å². The fourth-order valence-corrected chi connectivity index (χ4v) is 3.47. The summed E-state index contributed by atoms with van der Waals surface area (Å²) in [5.74, 6) is -0.861. The van der Waals surface area contributed by atoms with E-state index in [1.807, 2.05) is 13.8 Å². The number of aryl methyl sites for hydroxylation is 1. The molecule has 0 amide bonds. The second-order valence-corrected chi connectivity index (χ2v) is 7.19. The Hall–Kier alpha value is -1.40. The van der Waals surface area contributed by atoms with E-state index >= 15 is 0 Å². The molecule has 1 atom stereocenters. The summed E-state index contributed by atoms with van der Waals surface area (Å²) >= 11 is 0. The van der Waals surface area contributed by atoms with Crippen LogP contribution in [-0.4, -0.2) is 36.9 Å². The lowest BCUT2D eigenvalue weighted by molar-refractivity contribution is -0.136. The molecule has 0 fully saturated rings. The Bertz CT molecular complexity index is 566. The average molecular weight is 313 g/mol. The minimum atomic E-state index is -3.49. The lowest BCUT2D eigenvalue weighted by Crippen LogP contribution is -2.34. The van der Waals surface area contributed by atoms with Crippen LogP contribution in [0.1, 0.15) is 38.7 Å². The monoisotopic (exact) mass is 313 g/mol. The fourth-order valence-electron chi connectivity index (χ4n) is 2.08. The quantitative estimate of drug-likeness (QED) is 0.800. The molecule has 5 nitrogen and oxygen atoms in total. The van der Waals surface area contributed by atoms with Crippen molar-refractivity contribution >= 4 is 16.0 Å². The molecule has 0 saturated carbocycles. The van der Waals surface area contributed by atoms with Gasteiger partial charge in [-0.15, -0.1) is 0 Å². The number of sulfonamides is 1. The highest BCUT2D eigenvalue weighted by atomic mass is 32.2. The number of hydrogen-bond donors (Lipinski definition) is 1. The minimum absolute atomic E-state index is 0.0412. The van der Waals surface area contributed by atoms with Crippen molar-refractivity contribution in [2.24, 2.45) is 0 Å². The molecule has 0 bridgehead atoms. The summed E-state index contributed by atoms with van der Waals surface area (Å²) in [5.41, 5.74) is 0.820. The number of hydrogen-bond acceptors (Lipinski definition) is 3. The van der Waals surface area contributed by atoms with Crippen LogP contribution in [0.5, 0.6) is 0 Å². The molecule has 0 spiro atoms. The van der Waals surface area contributed by atoms with E-state index in [-0.39, 0.29) is 17.4 Å². The molecule has 1 unspecified atom stereocenters. The van der Waals surface area contributed by atoms with Crippen molar-refractivity contribution in [3.8, 4) is 0 Å². The standard InChI is InChI=1S/C15H23NO4S/c1-4-5-12(2)16(3)21(19,20)14-9-6-13(7-10-14)8-11-15(17)18/h6-7,9-10,12H,4-5,8,11H2,1-3H3,(H,17,18). The van der Waals surface area contributed by atoms with Crippen LogP contribution in [0.3, 0.4) is 0 Å². The van der Waals surface area contributed by atoms with Gasteiger partial charge in [-0.25, -0.2) is 8.42 Å². The molecule has 1 aromatic carbocycles. The molecule has 0 aromatic heterocycles. The first kappa shape index (κ1) is 17.7. The molecule has 0 saturated heterocycles. The van der Waals surface area contributed by atoms with Crippen LogP contribution in [0, 0.1) is 0 Å². The highest BCUT2D eigenvalue weighted by molar-refractivity contribution is 7.89. The van der Waals surface area contributed by atoms with Crippen molar-refractivity contribution in [3.05, 3.63) is 29.8 Å². The summed E-state index contributed by atoms with van der Waals surface area (Å²) < 4.78 is 26.3. The highest BCUT2D eigenvalue weighted by Gasteiger charge is 2.24. The molecule has 118 valence electrons. The smallest absolute Gasteiger partial charge is 0.303 e. The second kappa shape index (κ2) is 7.56. The zero-order valence-corrected chi connectivity index (χ0v) is 13.6. The first-order chi connectivity index (χ1) is 9.78. The molecule has 21 heavy (non-hydrogen) atoms. The predicted molar refractivity (Wildman–Crippen MR) is 81.7 cm³/mol. The Morgan fingerprint density at radius 1 is 1.29 bits per heavy atom. The van der Waals surface area contributed by atoms with Gasteiger partial charge in [-0.05, 0) is 37.5 Å². The summed E-state index contributed by atoms with van der Waals surface area (Å²) in [6, 6.07) is 6.39. The van der Waals surface area contributed by atoms with E-state index in [0.29, 0.717) is 6.42 Å². The van der Waals surface area contributed by atoms with E-state index in [9.17, 15) is 13.2 Å². The molecule has 1 rings (SSSR count). The van der Waals surface area contributed by atoms with E-state index in [1.165, 1.54) is 4.31 Å². The molecule has 0 radical (unpaired) electrons. The van der Waals surface area contributed by atoms with Gasteiger partial charge in [0, 0.05) is 19.5 Å². The van der Waals surface area contributed by atoms with Gasteiger partial charge in [-0.3, -0.25) is 4.79 Å². The van der Waals surface area contributed by atoms with Crippen molar-refractivity contribution in [1.29, 1.82) is 0 Å². The molecule has 6 heteroatoms. The van der Waals surface area contributed by atoms with Gasteiger partial charge in [0.25, 0.3) is 0 Å². The summed E-state index contributed by atoms with van der Waals surface area (Å²) in [4.78, 5) is 10.8. The summed E-state index contributed by atoms with van der Waals surface area (Å²) in [6.07, 6.45) is 2.18. The minimum Gasteiger partial charge on any atom is -0.481 e. The maximum atomic E-state index is 12.5. The molecular formula is C15H23NO4S. The third kappa shape index (κ3) is 4.82. The van der Waals surface area contributed by atoms with E-state index < -0.39 is 16.0 Å². The van der Waals surface area contributed by atoms with Gasteiger partial charge in [-0.1, -0.05) is 25.5 Å². The van der Waals surface area contributed by atoms with Crippen LogP contribution in [-0.2, 0) is 21.2 Å². The van der Waals surface area contributed by atoms with Crippen molar-refractivity contribution in [2.75, 3.05) is 7.05 Å². The Morgan fingerprint density at radius 3 is 2.33 bits per heavy atom. The molecule has 0 heterocycles. The van der Waals surface area contributed by atoms with Gasteiger partial charge in [0.2, 0.25) is 10.0 Å². The van der Waals surface area contributed by atoms with E-state index in [0.717, 1.165) is 18.4 Å². The van der Waals surface area contributed by atoms with Crippen molar-refractivity contribution < 1.29 is 18.3 Å². The van der Waals surface area contributed by atoms with Gasteiger partial charge in [0.1, 0.15) is 0 Å². The third-order valence-corrected chi connectivity index (χ3v) is 5.54. The third-order valence-electron chi connectivity index (χ3n) is 3.56. The van der Waals surface area contributed by atoms with Crippen molar-refractivity contribution in [3.63, 3.8) is 0 Å². The molecular weight excluding hydrogens is 290 g/mol. The number of rotatable bonds is 8. The summed E-state index contributed by atoms with van der Waals surface area (Å²) in [5, 5.41) is 8.64. The predicted octanol–water partition coefficient (Wildman–Crippen LogP) is 2.51. The zero-order valence-electron chi connectivity index (χ0n) is 12.7. The van der Waals surface area contributed by atoms with Crippen LogP contribution < -0.4 is 0 Å². The van der Waals surface area contributed by atoms with E-state index in [2.05, 4.69) is 0 Å². The molecule has 0 aliphatic rings. The van der Waals surface area contributed by atoms with Crippen LogP contribution in [0.25, 0.3) is 0 Å². The van der Waals surface area contributed by atoms with Gasteiger partial charge in [0.15, 0.2) is 0 Å². The van der Waals surface area contributed by atoms with Gasteiger partial charge >= 0.3 is 5.97 Å². The maximum Gasteiger partial charge on any atom is 0.303 e. The van der Waals surface area contributed by atoms with E-state index in [1.54, 1.807) is 31.3 Å². The number of carboxylic acids is 1. The maximum absolute atomic E-state index is 12.5. The SMILES string of the molecule is CCCC(C)N(C)S(=O)(=O)c1ccc(CCC(=O)O)cc1. The zero-order chi connectivity index (χ0) is 16.0. The normalized spacial score (nSPS) is 13.3. The number of aliphatic carboxylic acids is 1.